The third-order valence-electron chi connectivity index (χ3n) is 3.17. The Hall–Kier alpha value is -1.59. The predicted molar refractivity (Wildman–Crippen MR) is 67.8 cm³/mol. The van der Waals surface area contributed by atoms with Gasteiger partial charge in [0.15, 0.2) is 0 Å². The zero-order chi connectivity index (χ0) is 13.1. The Balaban J connectivity index is 2.09. The van der Waals surface area contributed by atoms with E-state index in [2.05, 4.69) is 10.6 Å². The van der Waals surface area contributed by atoms with E-state index in [1.54, 1.807) is 19.2 Å². The number of hydrogen-bond donors (Lipinski definition) is 3. The number of ether oxygens (including phenoxy) is 1. The lowest BCUT2D eigenvalue weighted by molar-refractivity contribution is 0.0778. The summed E-state index contributed by atoms with van der Waals surface area (Å²) < 4.78 is 5.27. The Kier molecular flexibility index (Phi) is 3.84. The average Bonchev–Trinajstić information content (AvgIpc) is 2.79. The number of methoxy groups -OCH3 is 1. The van der Waals surface area contributed by atoms with Crippen molar-refractivity contribution in [3.05, 3.63) is 29.3 Å². The van der Waals surface area contributed by atoms with Gasteiger partial charge >= 0.3 is 0 Å². The van der Waals surface area contributed by atoms with Crippen molar-refractivity contribution in [2.24, 2.45) is 0 Å². The zero-order valence-corrected chi connectivity index (χ0v) is 10.6. The largest absolute Gasteiger partial charge is 0.507 e. The molecule has 2 rings (SSSR count). The summed E-state index contributed by atoms with van der Waals surface area (Å²) in [5.74, 6) is -0.273. The summed E-state index contributed by atoms with van der Waals surface area (Å²) in [6.07, 6.45) is -0.0269. The summed E-state index contributed by atoms with van der Waals surface area (Å²) in [4.78, 5) is 12.1. The van der Waals surface area contributed by atoms with Crippen LogP contribution in [0.3, 0.4) is 0 Å². The first-order valence-electron chi connectivity index (χ1n) is 5.96. The maximum atomic E-state index is 12.1. The lowest BCUT2D eigenvalue weighted by Gasteiger charge is -2.19. The van der Waals surface area contributed by atoms with Crippen LogP contribution in [0.25, 0.3) is 0 Å². The number of benzene rings is 1. The summed E-state index contributed by atoms with van der Waals surface area (Å²) in [6, 6.07) is 4.91. The van der Waals surface area contributed by atoms with Gasteiger partial charge in [-0.2, -0.15) is 0 Å². The van der Waals surface area contributed by atoms with Gasteiger partial charge in [-0.15, -0.1) is 0 Å². The number of rotatable bonds is 3. The van der Waals surface area contributed by atoms with Crippen LogP contribution in [0.5, 0.6) is 5.75 Å². The van der Waals surface area contributed by atoms with Crippen LogP contribution in [0, 0.1) is 6.92 Å². The third-order valence-corrected chi connectivity index (χ3v) is 3.17. The quantitative estimate of drug-likeness (QED) is 0.727. The molecule has 5 heteroatoms. The molecule has 1 aliphatic heterocycles. The molecule has 0 bridgehead atoms. The summed E-state index contributed by atoms with van der Waals surface area (Å²) in [5, 5.41) is 15.7. The Morgan fingerprint density at radius 3 is 3.00 bits per heavy atom. The predicted octanol–water partition coefficient (Wildman–Crippen LogP) is 0.417. The van der Waals surface area contributed by atoms with Crippen molar-refractivity contribution in [2.45, 2.75) is 19.1 Å². The van der Waals surface area contributed by atoms with Crippen LogP contribution in [0.2, 0.25) is 0 Å². The molecule has 98 valence electrons. The maximum Gasteiger partial charge on any atom is 0.255 e. The maximum absolute atomic E-state index is 12.1. The van der Waals surface area contributed by atoms with E-state index < -0.39 is 0 Å². The lowest BCUT2D eigenvalue weighted by Crippen LogP contribution is -2.43. The minimum absolute atomic E-state index is 0.00183. The standard InChI is InChI=1S/C13H18N2O3/c1-8-3-4-11(16)9(5-8)13(17)15-10-6-14-7-12(10)18-2/h3-5,10,12,14,16H,6-7H2,1-2H3,(H,15,17)/t10?,12-/m0/s1. The Labute approximate surface area is 106 Å². The number of nitrogens with one attached hydrogen (secondary N) is 2. The molecule has 0 spiro atoms. The molecule has 0 radical (unpaired) electrons. The molecule has 1 amide bonds. The van der Waals surface area contributed by atoms with E-state index in [-0.39, 0.29) is 23.8 Å². The van der Waals surface area contributed by atoms with Gasteiger partial charge in [0, 0.05) is 20.2 Å². The van der Waals surface area contributed by atoms with Crippen LogP contribution in [0.15, 0.2) is 18.2 Å². The summed E-state index contributed by atoms with van der Waals surface area (Å²) in [6.45, 7) is 3.28. The first-order chi connectivity index (χ1) is 8.61. The normalized spacial score (nSPS) is 23.0. The molecule has 3 N–H and O–H groups in total. The van der Waals surface area contributed by atoms with Crippen LogP contribution in [-0.4, -0.2) is 43.4 Å². The molecule has 2 atom stereocenters. The fourth-order valence-corrected chi connectivity index (χ4v) is 2.12. The molecule has 5 nitrogen and oxygen atoms in total. The molecule has 1 aromatic carbocycles. The molecule has 0 saturated carbocycles. The van der Waals surface area contributed by atoms with E-state index in [0.717, 1.165) is 12.1 Å². The summed E-state index contributed by atoms with van der Waals surface area (Å²) in [7, 11) is 1.63. The lowest BCUT2D eigenvalue weighted by atomic mass is 10.1. The van der Waals surface area contributed by atoms with Crippen molar-refractivity contribution in [2.75, 3.05) is 20.2 Å². The van der Waals surface area contributed by atoms with Crippen molar-refractivity contribution >= 4 is 5.91 Å². The molecule has 1 heterocycles. The number of hydrogen-bond acceptors (Lipinski definition) is 4. The number of phenolic OH excluding ortho intramolecular Hbond substituents is 1. The first-order valence-corrected chi connectivity index (χ1v) is 5.96. The smallest absolute Gasteiger partial charge is 0.255 e. The number of carbonyl (C=O) groups excluding carboxylic acids is 1. The van der Waals surface area contributed by atoms with Crippen molar-refractivity contribution in [1.29, 1.82) is 0 Å². The molecule has 1 aromatic rings. The van der Waals surface area contributed by atoms with Crippen molar-refractivity contribution < 1.29 is 14.6 Å². The van der Waals surface area contributed by atoms with E-state index in [1.165, 1.54) is 6.07 Å². The molecule has 1 aliphatic rings. The Bertz CT molecular complexity index is 448. The van der Waals surface area contributed by atoms with Gasteiger partial charge in [0.1, 0.15) is 5.75 Å². The van der Waals surface area contributed by atoms with Gasteiger partial charge in [-0.05, 0) is 19.1 Å². The van der Waals surface area contributed by atoms with Gasteiger partial charge in [0.25, 0.3) is 5.91 Å². The van der Waals surface area contributed by atoms with E-state index in [0.29, 0.717) is 12.1 Å². The van der Waals surface area contributed by atoms with Crippen LogP contribution in [0.4, 0.5) is 0 Å². The van der Waals surface area contributed by atoms with E-state index in [4.69, 9.17) is 4.74 Å². The fraction of sp³-hybridized carbons (Fsp3) is 0.462. The highest BCUT2D eigenvalue weighted by Crippen LogP contribution is 2.18. The van der Waals surface area contributed by atoms with Gasteiger partial charge in [-0.3, -0.25) is 4.79 Å². The van der Waals surface area contributed by atoms with Crippen LogP contribution < -0.4 is 10.6 Å². The second kappa shape index (κ2) is 5.37. The van der Waals surface area contributed by atoms with E-state index in [1.807, 2.05) is 6.92 Å². The highest BCUT2D eigenvalue weighted by Gasteiger charge is 2.28. The van der Waals surface area contributed by atoms with Gasteiger partial charge in [0.2, 0.25) is 0 Å². The third kappa shape index (κ3) is 2.63. The topological polar surface area (TPSA) is 70.6 Å². The van der Waals surface area contributed by atoms with E-state index >= 15 is 0 Å². The van der Waals surface area contributed by atoms with Gasteiger partial charge in [0.05, 0.1) is 17.7 Å². The van der Waals surface area contributed by atoms with Crippen molar-refractivity contribution in [3.8, 4) is 5.75 Å². The Morgan fingerprint density at radius 1 is 1.50 bits per heavy atom. The molecule has 1 saturated heterocycles. The molecule has 0 aromatic heterocycles. The number of amides is 1. The summed E-state index contributed by atoms with van der Waals surface area (Å²) >= 11 is 0. The van der Waals surface area contributed by atoms with Crippen LogP contribution >= 0.6 is 0 Å². The van der Waals surface area contributed by atoms with Crippen molar-refractivity contribution in [3.63, 3.8) is 0 Å². The fourth-order valence-electron chi connectivity index (χ4n) is 2.12. The molecule has 0 aliphatic carbocycles. The minimum atomic E-state index is -0.271. The number of aromatic hydroxyl groups is 1. The summed E-state index contributed by atoms with van der Waals surface area (Å²) in [5.41, 5.74) is 1.24. The minimum Gasteiger partial charge on any atom is -0.507 e. The molecular weight excluding hydrogens is 232 g/mol. The Morgan fingerprint density at radius 2 is 2.28 bits per heavy atom. The zero-order valence-electron chi connectivity index (χ0n) is 10.6. The first kappa shape index (κ1) is 12.9. The molecule has 1 unspecified atom stereocenters. The number of aryl methyl sites for hydroxylation is 1. The average molecular weight is 250 g/mol. The number of carbonyl (C=O) groups is 1. The van der Waals surface area contributed by atoms with Gasteiger partial charge < -0.3 is 20.5 Å². The highest BCUT2D eigenvalue weighted by molar-refractivity contribution is 5.97. The van der Waals surface area contributed by atoms with Crippen LogP contribution in [0.1, 0.15) is 15.9 Å². The SMILES string of the molecule is CO[C@H]1CNCC1NC(=O)c1cc(C)ccc1O. The molecule has 1 fully saturated rings. The van der Waals surface area contributed by atoms with Gasteiger partial charge in [-0.25, -0.2) is 0 Å². The second-order valence-electron chi connectivity index (χ2n) is 4.53. The second-order valence-corrected chi connectivity index (χ2v) is 4.53. The molecule has 18 heavy (non-hydrogen) atoms. The van der Waals surface area contributed by atoms with Crippen LogP contribution in [-0.2, 0) is 4.74 Å². The van der Waals surface area contributed by atoms with Crippen molar-refractivity contribution in [1.82, 2.24) is 10.6 Å². The van der Waals surface area contributed by atoms with Gasteiger partial charge in [-0.1, -0.05) is 11.6 Å². The highest BCUT2D eigenvalue weighted by atomic mass is 16.5. The van der Waals surface area contributed by atoms with E-state index in [9.17, 15) is 9.90 Å². The monoisotopic (exact) mass is 250 g/mol. The number of phenols is 1. The molecular formula is C13H18N2O3.